The zero-order valence-corrected chi connectivity index (χ0v) is 32.3. The molecule has 6 heteroatoms. The molecule has 54 heavy (non-hydrogen) atoms. The molecule has 0 saturated heterocycles. The summed E-state index contributed by atoms with van der Waals surface area (Å²) in [4.78, 5) is 5.18. The number of imidazole rings is 1. The molecule has 0 unspecified atom stereocenters. The molecule has 0 radical (unpaired) electrons. The van der Waals surface area contributed by atoms with Crippen molar-refractivity contribution in [3.63, 3.8) is 0 Å². The zero-order valence-electron chi connectivity index (χ0n) is 30.0. The quantitative estimate of drug-likeness (QED) is 0.162. The van der Waals surface area contributed by atoms with Crippen LogP contribution in [0.3, 0.4) is 0 Å². The second-order valence-corrected chi connectivity index (χ2v) is 15.2. The number of ether oxygens (including phenoxy) is 1. The number of benzene rings is 5. The SMILES string of the molecule is Cc1cc(-n2c3[c-]c(Oc4[c-]c(-n5cc6c7ccc(n6[c]5=[Pt])CCc5ccc(cc5)CC7)ccc4)ccc3c3ccccc32)nc(C)c1-c1ccccc1. The Bertz CT molecular complexity index is 2930. The van der Waals surface area contributed by atoms with E-state index < -0.39 is 0 Å². The first-order valence-electron chi connectivity index (χ1n) is 18.5. The molecule has 0 spiro atoms. The normalized spacial score (nSPS) is 12.8. The predicted molar refractivity (Wildman–Crippen MR) is 212 cm³/mol. The van der Waals surface area contributed by atoms with Crippen molar-refractivity contribution in [2.24, 2.45) is 0 Å². The number of nitrogens with zero attached hydrogens (tertiary/aromatic N) is 4. The van der Waals surface area contributed by atoms with Gasteiger partial charge in [-0.15, -0.1) is 0 Å². The van der Waals surface area contributed by atoms with Crippen LogP contribution in [0.15, 0.2) is 134 Å². The van der Waals surface area contributed by atoms with Gasteiger partial charge in [-0.25, -0.2) is 0 Å². The Balaban J connectivity index is 1.03. The van der Waals surface area contributed by atoms with E-state index in [1.165, 1.54) is 44.6 Å². The van der Waals surface area contributed by atoms with Gasteiger partial charge in [-0.3, -0.25) is 0 Å². The molecule has 4 aliphatic rings. The summed E-state index contributed by atoms with van der Waals surface area (Å²) in [5.74, 6) is 2.12. The molecule has 5 nitrogen and oxygen atoms in total. The van der Waals surface area contributed by atoms with Gasteiger partial charge in [0.05, 0.1) is 0 Å². The Morgan fingerprint density at radius 3 is 2.24 bits per heavy atom. The summed E-state index contributed by atoms with van der Waals surface area (Å²) >= 11 is 2.47. The van der Waals surface area contributed by atoms with Crippen LogP contribution in [0.5, 0.6) is 11.5 Å². The number of rotatable bonds is 5. The van der Waals surface area contributed by atoms with Gasteiger partial charge in [0.25, 0.3) is 0 Å². The van der Waals surface area contributed by atoms with Gasteiger partial charge in [0.1, 0.15) is 0 Å². The summed E-state index contributed by atoms with van der Waals surface area (Å²) in [5, 5.41) is 2.25. The van der Waals surface area contributed by atoms with Crippen molar-refractivity contribution < 1.29 is 24.1 Å². The van der Waals surface area contributed by atoms with Crippen LogP contribution in [-0.4, -0.2) is 18.5 Å². The van der Waals surface area contributed by atoms with Crippen molar-refractivity contribution in [3.05, 3.63) is 183 Å². The van der Waals surface area contributed by atoms with Crippen molar-refractivity contribution in [3.8, 4) is 34.1 Å². The van der Waals surface area contributed by atoms with Crippen LogP contribution in [0, 0.1) is 29.8 Å². The molecule has 6 heterocycles. The minimum Gasteiger partial charge on any atom is -0.0622 e. The summed E-state index contributed by atoms with van der Waals surface area (Å²) in [7, 11) is 0. The average Bonchev–Trinajstić information content (AvgIpc) is 3.71. The summed E-state index contributed by atoms with van der Waals surface area (Å²) in [5.41, 5.74) is 14.1. The first kappa shape index (κ1) is 32.8. The number of aromatic nitrogens is 4. The number of hydrogen-bond acceptors (Lipinski definition) is 2. The van der Waals surface area contributed by atoms with E-state index in [1.54, 1.807) is 0 Å². The maximum atomic E-state index is 6.58. The van der Waals surface area contributed by atoms with Crippen LogP contribution in [0.4, 0.5) is 0 Å². The van der Waals surface area contributed by atoms with Gasteiger partial charge in [0.15, 0.2) is 0 Å². The molecule has 13 rings (SSSR count). The van der Waals surface area contributed by atoms with Crippen LogP contribution in [-0.2, 0) is 45.0 Å². The van der Waals surface area contributed by atoms with Crippen LogP contribution >= 0.6 is 0 Å². The first-order valence-corrected chi connectivity index (χ1v) is 19.6. The van der Waals surface area contributed by atoms with Crippen molar-refractivity contribution in [2.45, 2.75) is 39.5 Å². The molecule has 2 aliphatic carbocycles. The van der Waals surface area contributed by atoms with E-state index >= 15 is 0 Å². The first-order chi connectivity index (χ1) is 26.5. The second-order valence-electron chi connectivity index (χ2n) is 14.2. The molecule has 2 aliphatic heterocycles. The van der Waals surface area contributed by atoms with Crippen LogP contribution in [0.1, 0.15) is 33.6 Å². The van der Waals surface area contributed by atoms with Gasteiger partial charge in [-0.1, -0.05) is 42.5 Å². The van der Waals surface area contributed by atoms with Crippen molar-refractivity contribution in [1.29, 1.82) is 0 Å². The molecule has 0 amide bonds. The number of fused-ring (bicyclic) bond motifs is 3. The molecule has 4 bridgehead atoms. The van der Waals surface area contributed by atoms with Gasteiger partial charge >= 0.3 is 248 Å². The van der Waals surface area contributed by atoms with E-state index in [0.29, 0.717) is 11.5 Å². The molecule has 0 atom stereocenters. The monoisotopic (exact) mass is 879 g/mol. The van der Waals surface area contributed by atoms with Gasteiger partial charge in [-0.05, 0) is 25.0 Å². The fraction of sp³-hybridized carbons (Fsp3) is 0.125. The Hall–Kier alpha value is -5.77. The summed E-state index contributed by atoms with van der Waals surface area (Å²) < 4.78 is 14.6. The standard InChI is InChI=1S/C48H36N4O.Pt/c1-32-27-47(49-33(2)48(32)37-9-4-3-5-10-37)52-44-14-7-6-13-42(44)43-26-25-41(29-45(43)52)53-40-12-8-11-39(28-40)50-30-46-36-21-19-34-15-17-35(18-16-34)20-23-38(24-22-36)51(46)31-50;/h3-18,22,24-27,30H,19-21,23H2,1-2H3;/q-2;. The minimum absolute atomic E-state index is 0.623. The third-order valence-electron chi connectivity index (χ3n) is 10.8. The summed E-state index contributed by atoms with van der Waals surface area (Å²) in [6, 6.07) is 52.4. The van der Waals surface area contributed by atoms with Gasteiger partial charge in [0, 0.05) is 11.3 Å². The third-order valence-corrected chi connectivity index (χ3v) is 11.8. The van der Waals surface area contributed by atoms with E-state index in [4.69, 9.17) is 9.72 Å². The Morgan fingerprint density at radius 1 is 0.667 bits per heavy atom. The molecule has 266 valence electrons. The number of para-hydroxylation sites is 1. The predicted octanol–water partition coefficient (Wildman–Crippen LogP) is 10.9. The molecular weight excluding hydrogens is 844 g/mol. The topological polar surface area (TPSA) is 36.4 Å². The third kappa shape index (κ3) is 5.66. The zero-order chi connectivity index (χ0) is 36.3. The summed E-state index contributed by atoms with van der Waals surface area (Å²) in [6.07, 6.45) is 6.24. The van der Waals surface area contributed by atoms with E-state index in [2.05, 4.69) is 168 Å². The fourth-order valence-corrected chi connectivity index (χ4v) is 9.18. The fourth-order valence-electron chi connectivity index (χ4n) is 8.16. The van der Waals surface area contributed by atoms with Gasteiger partial charge in [-0.2, -0.15) is 0 Å². The number of pyridine rings is 2. The van der Waals surface area contributed by atoms with Crippen LogP contribution in [0.2, 0.25) is 0 Å². The molecule has 0 saturated carbocycles. The van der Waals surface area contributed by atoms with Crippen molar-refractivity contribution in [1.82, 2.24) is 18.5 Å². The van der Waals surface area contributed by atoms with Crippen molar-refractivity contribution >= 4 is 27.3 Å². The average molecular weight is 880 g/mol. The van der Waals surface area contributed by atoms with Crippen LogP contribution in [0.25, 0.3) is 50.0 Å². The molecule has 0 fully saturated rings. The van der Waals surface area contributed by atoms with Gasteiger partial charge in [0.2, 0.25) is 0 Å². The number of hydrogen-bond donors (Lipinski definition) is 0. The number of aryl methyl sites for hydroxylation is 6. The van der Waals surface area contributed by atoms with E-state index in [1.807, 2.05) is 24.3 Å². The smallest absolute Gasteiger partial charge is 0.0622 e. The summed E-state index contributed by atoms with van der Waals surface area (Å²) in [6.45, 7) is 4.26. The van der Waals surface area contributed by atoms with E-state index in [0.717, 1.165) is 68.5 Å². The van der Waals surface area contributed by atoms with Crippen LogP contribution < -0.4 is 4.74 Å². The molecule has 0 N–H and O–H groups in total. The van der Waals surface area contributed by atoms with E-state index in [9.17, 15) is 0 Å². The minimum atomic E-state index is 0.623. The Kier molecular flexibility index (Phi) is 8.07. The second kappa shape index (κ2) is 13.3. The molecule has 4 aromatic heterocycles. The Labute approximate surface area is 325 Å². The molecule has 5 aromatic carbocycles. The van der Waals surface area contributed by atoms with E-state index in [-0.39, 0.29) is 0 Å². The maximum absolute atomic E-state index is 6.58. The van der Waals surface area contributed by atoms with Crippen molar-refractivity contribution in [2.75, 3.05) is 0 Å². The Morgan fingerprint density at radius 2 is 1.43 bits per heavy atom. The molecular formula is C48H36N4OPt-2. The van der Waals surface area contributed by atoms with Gasteiger partial charge < -0.3 is 0 Å². The molecule has 9 aromatic rings.